The molecule has 2 aromatic rings. The molecule has 0 saturated heterocycles. The molecular weight excluding hydrogens is 252 g/mol. The molecule has 5 nitrogen and oxygen atoms in total. The van der Waals surface area contributed by atoms with Crippen molar-refractivity contribution in [2.75, 3.05) is 10.6 Å². The fraction of sp³-hybridized carbons (Fsp3) is 0.333. The molecule has 5 heteroatoms. The van der Waals surface area contributed by atoms with Gasteiger partial charge in [0.1, 0.15) is 11.6 Å². The first-order valence-corrected chi connectivity index (χ1v) is 6.92. The molecule has 1 aliphatic carbocycles. The van der Waals surface area contributed by atoms with E-state index in [9.17, 15) is 4.79 Å². The summed E-state index contributed by atoms with van der Waals surface area (Å²) in [5.74, 6) is 2.05. The minimum absolute atomic E-state index is 0.0626. The lowest BCUT2D eigenvalue weighted by atomic mass is 10.1. The monoisotopic (exact) mass is 268 g/mol. The van der Waals surface area contributed by atoms with E-state index in [4.69, 9.17) is 5.73 Å². The minimum atomic E-state index is -0.0626. The molecule has 1 aromatic heterocycles. The van der Waals surface area contributed by atoms with Gasteiger partial charge in [-0.25, -0.2) is 4.98 Å². The second kappa shape index (κ2) is 4.10. The van der Waals surface area contributed by atoms with Crippen LogP contribution in [0.25, 0.3) is 0 Å². The summed E-state index contributed by atoms with van der Waals surface area (Å²) in [4.78, 5) is 21.4. The number of nitrogen functional groups attached to an aromatic ring is 1. The number of fused-ring (bicyclic) bond motifs is 1. The summed E-state index contributed by atoms with van der Waals surface area (Å²) in [6.07, 6.45) is 2.26. The first kappa shape index (κ1) is 11.5. The van der Waals surface area contributed by atoms with Gasteiger partial charge in [-0.15, -0.1) is 0 Å². The zero-order valence-electron chi connectivity index (χ0n) is 11.1. The molecule has 1 saturated carbocycles. The summed E-state index contributed by atoms with van der Waals surface area (Å²) in [5.41, 5.74) is 9.02. The second-order valence-electron chi connectivity index (χ2n) is 5.65. The number of nitrogens with one attached hydrogen (secondary N) is 1. The number of nitrogens with zero attached hydrogens (tertiary/aromatic N) is 2. The van der Waals surface area contributed by atoms with E-state index in [1.165, 1.54) is 11.1 Å². The van der Waals surface area contributed by atoms with Crippen molar-refractivity contribution in [3.8, 4) is 0 Å². The normalized spacial score (nSPS) is 17.3. The van der Waals surface area contributed by atoms with Gasteiger partial charge in [-0.3, -0.25) is 4.79 Å². The van der Waals surface area contributed by atoms with Gasteiger partial charge in [-0.05, 0) is 36.1 Å². The maximum atomic E-state index is 11.8. The molecule has 2 aliphatic rings. The van der Waals surface area contributed by atoms with E-state index < -0.39 is 0 Å². The van der Waals surface area contributed by atoms with Gasteiger partial charge in [0.2, 0.25) is 0 Å². The summed E-state index contributed by atoms with van der Waals surface area (Å²) in [7, 11) is 0. The van der Waals surface area contributed by atoms with Crippen molar-refractivity contribution in [2.24, 2.45) is 0 Å². The Kier molecular flexibility index (Phi) is 2.36. The van der Waals surface area contributed by atoms with Crippen LogP contribution >= 0.6 is 0 Å². The lowest BCUT2D eigenvalue weighted by Crippen LogP contribution is -2.21. The molecule has 1 aromatic carbocycles. The quantitative estimate of drug-likeness (QED) is 0.814. The van der Waals surface area contributed by atoms with Crippen LogP contribution in [-0.4, -0.2) is 9.97 Å². The lowest BCUT2D eigenvalue weighted by Gasteiger charge is -2.16. The number of H-pyrrole nitrogens is 1. The van der Waals surface area contributed by atoms with Crippen molar-refractivity contribution < 1.29 is 0 Å². The number of benzene rings is 1. The van der Waals surface area contributed by atoms with Crippen molar-refractivity contribution in [3.63, 3.8) is 0 Å². The van der Waals surface area contributed by atoms with E-state index in [2.05, 4.69) is 20.9 Å². The summed E-state index contributed by atoms with van der Waals surface area (Å²) >= 11 is 0. The van der Waals surface area contributed by atoms with Gasteiger partial charge in [0.15, 0.2) is 0 Å². The molecule has 0 atom stereocenters. The van der Waals surface area contributed by atoms with Crippen molar-refractivity contribution in [1.82, 2.24) is 9.97 Å². The summed E-state index contributed by atoms with van der Waals surface area (Å²) in [6, 6.07) is 7.56. The summed E-state index contributed by atoms with van der Waals surface area (Å²) in [6.45, 7) is 1.55. The van der Waals surface area contributed by atoms with Crippen LogP contribution in [0.3, 0.4) is 0 Å². The number of rotatable bonds is 2. The fourth-order valence-electron chi connectivity index (χ4n) is 2.75. The Labute approximate surface area is 116 Å². The molecule has 102 valence electrons. The van der Waals surface area contributed by atoms with Gasteiger partial charge in [0.05, 0.1) is 0 Å². The van der Waals surface area contributed by atoms with Crippen molar-refractivity contribution >= 4 is 11.5 Å². The largest absolute Gasteiger partial charge is 0.399 e. The van der Waals surface area contributed by atoms with Gasteiger partial charge in [0.25, 0.3) is 5.56 Å². The van der Waals surface area contributed by atoms with E-state index in [1.54, 1.807) is 6.07 Å². The zero-order valence-corrected chi connectivity index (χ0v) is 11.1. The van der Waals surface area contributed by atoms with Crippen LogP contribution in [0.5, 0.6) is 0 Å². The van der Waals surface area contributed by atoms with Gasteiger partial charge >= 0.3 is 0 Å². The Bertz CT molecular complexity index is 733. The smallest absolute Gasteiger partial charge is 0.252 e. The average molecular weight is 268 g/mol. The third-order valence-electron chi connectivity index (χ3n) is 3.99. The third kappa shape index (κ3) is 1.95. The topological polar surface area (TPSA) is 75.0 Å². The fourth-order valence-corrected chi connectivity index (χ4v) is 2.75. The summed E-state index contributed by atoms with van der Waals surface area (Å²) in [5, 5.41) is 0. The van der Waals surface area contributed by atoms with Crippen LogP contribution in [0, 0.1) is 0 Å². The Hall–Kier alpha value is -2.30. The van der Waals surface area contributed by atoms with Crippen LogP contribution < -0.4 is 16.2 Å². The molecule has 0 unspecified atom stereocenters. The molecule has 4 rings (SSSR count). The molecule has 3 N–H and O–H groups in total. The van der Waals surface area contributed by atoms with Gasteiger partial charge in [0, 0.05) is 30.8 Å². The predicted octanol–water partition coefficient (Wildman–Crippen LogP) is 1.75. The van der Waals surface area contributed by atoms with Crippen LogP contribution in [0.2, 0.25) is 0 Å². The number of hydrogen-bond acceptors (Lipinski definition) is 4. The van der Waals surface area contributed by atoms with Crippen molar-refractivity contribution in [3.05, 3.63) is 51.6 Å². The maximum Gasteiger partial charge on any atom is 0.252 e. The number of nitrogens with two attached hydrogens (primary N) is 1. The Balaban J connectivity index is 1.68. The van der Waals surface area contributed by atoms with Crippen molar-refractivity contribution in [1.29, 1.82) is 0 Å². The van der Waals surface area contributed by atoms with Gasteiger partial charge < -0.3 is 15.6 Å². The van der Waals surface area contributed by atoms with Crippen LogP contribution in [0.4, 0.5) is 11.5 Å². The maximum absolute atomic E-state index is 11.8. The first-order valence-electron chi connectivity index (χ1n) is 6.92. The standard InChI is InChI=1S/C15H16N4O/c16-12-4-3-10-7-19(8-11(10)5-12)13-6-14(20)18-15(17-13)9-1-2-9/h3-6,9H,1-2,7-8,16H2,(H,17,18,20). The van der Waals surface area contributed by atoms with Crippen LogP contribution in [0.1, 0.15) is 35.7 Å². The van der Waals surface area contributed by atoms with Gasteiger partial charge in [-0.1, -0.05) is 6.07 Å². The zero-order chi connectivity index (χ0) is 13.7. The third-order valence-corrected chi connectivity index (χ3v) is 3.99. The van der Waals surface area contributed by atoms with Gasteiger partial charge in [-0.2, -0.15) is 0 Å². The number of aromatic nitrogens is 2. The first-order chi connectivity index (χ1) is 9.69. The average Bonchev–Trinajstić information content (AvgIpc) is 3.18. The highest BCUT2D eigenvalue weighted by Gasteiger charge is 2.28. The molecular formula is C15H16N4O. The van der Waals surface area contributed by atoms with E-state index in [0.717, 1.165) is 43.3 Å². The molecule has 20 heavy (non-hydrogen) atoms. The number of anilines is 2. The van der Waals surface area contributed by atoms with Crippen LogP contribution in [-0.2, 0) is 13.1 Å². The molecule has 0 radical (unpaired) electrons. The number of hydrogen-bond donors (Lipinski definition) is 2. The Morgan fingerprint density at radius 1 is 1.20 bits per heavy atom. The number of aromatic amines is 1. The summed E-state index contributed by atoms with van der Waals surface area (Å²) < 4.78 is 0. The molecule has 0 spiro atoms. The Morgan fingerprint density at radius 2 is 2.00 bits per heavy atom. The molecule has 2 heterocycles. The minimum Gasteiger partial charge on any atom is -0.399 e. The van der Waals surface area contributed by atoms with E-state index in [1.807, 2.05) is 12.1 Å². The Morgan fingerprint density at radius 3 is 2.80 bits per heavy atom. The molecule has 0 amide bonds. The lowest BCUT2D eigenvalue weighted by molar-refractivity contribution is 0.818. The SMILES string of the molecule is Nc1ccc2c(c1)CN(c1cc(=O)[nH]c(C3CC3)n1)C2. The highest BCUT2D eigenvalue weighted by atomic mass is 16.1. The highest BCUT2D eigenvalue weighted by molar-refractivity contribution is 5.52. The highest BCUT2D eigenvalue weighted by Crippen LogP contribution is 2.38. The van der Waals surface area contributed by atoms with E-state index in [-0.39, 0.29) is 5.56 Å². The molecule has 1 aliphatic heterocycles. The predicted molar refractivity (Wildman–Crippen MR) is 77.6 cm³/mol. The van der Waals surface area contributed by atoms with Crippen LogP contribution in [0.15, 0.2) is 29.1 Å². The van der Waals surface area contributed by atoms with E-state index in [0.29, 0.717) is 5.92 Å². The molecule has 0 bridgehead atoms. The van der Waals surface area contributed by atoms with E-state index >= 15 is 0 Å². The molecule has 1 fully saturated rings. The van der Waals surface area contributed by atoms with Crippen molar-refractivity contribution in [2.45, 2.75) is 31.8 Å². The second-order valence-corrected chi connectivity index (χ2v) is 5.65.